The molecule has 3 aromatic rings. The summed E-state index contributed by atoms with van der Waals surface area (Å²) in [5.74, 6) is -1.96. The lowest BCUT2D eigenvalue weighted by atomic mass is 9.87. The molecule has 2 heterocycles. The lowest BCUT2D eigenvalue weighted by Crippen LogP contribution is -2.42. The Labute approximate surface area is 170 Å². The average Bonchev–Trinajstić information content (AvgIpc) is 2.67. The fraction of sp³-hybridized carbons (Fsp3) is 0.136. The van der Waals surface area contributed by atoms with E-state index in [1.165, 1.54) is 24.4 Å². The minimum atomic E-state index is -1.32. The zero-order valence-electron chi connectivity index (χ0n) is 16.0. The molecular formula is C22H16NO7-. The summed E-state index contributed by atoms with van der Waals surface area (Å²) < 4.78 is 11.2. The molecule has 8 heteroatoms. The van der Waals surface area contributed by atoms with Crippen LogP contribution in [0.3, 0.4) is 0 Å². The second-order valence-corrected chi connectivity index (χ2v) is 7.27. The molecule has 0 saturated heterocycles. The minimum Gasteiger partial charge on any atom is -0.872 e. The second-order valence-electron chi connectivity index (χ2n) is 7.27. The highest BCUT2D eigenvalue weighted by Gasteiger charge is 2.40. The topological polar surface area (TPSA) is 129 Å². The molecule has 1 aliphatic rings. The summed E-state index contributed by atoms with van der Waals surface area (Å²) in [4.78, 5) is 35.9. The second kappa shape index (κ2) is 6.77. The molecule has 0 aliphatic carbocycles. The van der Waals surface area contributed by atoms with Crippen LogP contribution in [-0.4, -0.2) is 22.5 Å². The number of fused-ring (bicyclic) bond motifs is 3. The Kier molecular flexibility index (Phi) is 4.34. The number of hydrogen-bond acceptors (Lipinski definition) is 7. The normalized spacial score (nSPS) is 16.2. The molecule has 152 valence electrons. The molecule has 4 rings (SSSR count). The third kappa shape index (κ3) is 3.18. The Hall–Kier alpha value is -4.07. The fourth-order valence-corrected chi connectivity index (χ4v) is 3.30. The Morgan fingerprint density at radius 3 is 2.57 bits per heavy atom. The highest BCUT2D eigenvalue weighted by Crippen LogP contribution is 2.41. The van der Waals surface area contributed by atoms with Crippen molar-refractivity contribution in [2.24, 2.45) is 0 Å². The van der Waals surface area contributed by atoms with E-state index in [1.54, 1.807) is 32.0 Å². The first-order valence-electron chi connectivity index (χ1n) is 8.99. The number of hydrogen-bond donors (Lipinski definition) is 2. The predicted octanol–water partition coefficient (Wildman–Crippen LogP) is 2.76. The molecule has 0 bridgehead atoms. The monoisotopic (exact) mass is 406 g/mol. The number of ketones is 1. The first kappa shape index (κ1) is 19.3. The van der Waals surface area contributed by atoms with Crippen LogP contribution >= 0.6 is 0 Å². The molecule has 0 amide bonds. The highest BCUT2D eigenvalue weighted by atomic mass is 16.5. The van der Waals surface area contributed by atoms with Crippen LogP contribution < -0.4 is 20.8 Å². The Balaban J connectivity index is 1.86. The van der Waals surface area contributed by atoms with Crippen LogP contribution in [0, 0.1) is 0 Å². The lowest BCUT2D eigenvalue weighted by Gasteiger charge is -2.32. The van der Waals surface area contributed by atoms with E-state index in [4.69, 9.17) is 14.3 Å². The van der Waals surface area contributed by atoms with Crippen LogP contribution in [0.1, 0.15) is 29.8 Å². The summed E-state index contributed by atoms with van der Waals surface area (Å²) in [5.41, 5.74) is -1.04. The van der Waals surface area contributed by atoms with Gasteiger partial charge in [0.15, 0.2) is 5.60 Å². The number of carbonyl (C=O) groups is 2. The molecule has 1 aromatic heterocycles. The van der Waals surface area contributed by atoms with Gasteiger partial charge in [-0.15, -0.1) is 0 Å². The molecular weight excluding hydrogens is 390 g/mol. The quantitative estimate of drug-likeness (QED) is 0.502. The van der Waals surface area contributed by atoms with Gasteiger partial charge < -0.3 is 24.7 Å². The number of aromatic carboxylic acids is 1. The van der Waals surface area contributed by atoms with Gasteiger partial charge in [0.2, 0.25) is 5.78 Å². The number of ether oxygens (including phenoxy) is 1. The Morgan fingerprint density at radius 2 is 1.87 bits per heavy atom. The fourth-order valence-electron chi connectivity index (χ4n) is 3.30. The van der Waals surface area contributed by atoms with Crippen molar-refractivity contribution in [1.82, 2.24) is 0 Å². The first-order chi connectivity index (χ1) is 14.2. The van der Waals surface area contributed by atoms with Crippen LogP contribution in [0.25, 0.3) is 16.5 Å². The van der Waals surface area contributed by atoms with Gasteiger partial charge in [0.05, 0.1) is 16.7 Å². The van der Waals surface area contributed by atoms with Crippen molar-refractivity contribution in [2.75, 3.05) is 5.32 Å². The molecule has 0 spiro atoms. The van der Waals surface area contributed by atoms with Gasteiger partial charge in [-0.25, -0.2) is 9.59 Å². The SMILES string of the molecule is CC1(C)Oc2ccc3ccc(=O)oc3c2C(=CNc2ccc(C(=O)O)c([O-])c2)C1=O. The lowest BCUT2D eigenvalue weighted by molar-refractivity contribution is -0.268. The van der Waals surface area contributed by atoms with E-state index in [2.05, 4.69) is 5.32 Å². The van der Waals surface area contributed by atoms with E-state index in [0.29, 0.717) is 22.4 Å². The summed E-state index contributed by atoms with van der Waals surface area (Å²) in [6.45, 7) is 3.24. The van der Waals surface area contributed by atoms with Crippen molar-refractivity contribution in [3.63, 3.8) is 0 Å². The smallest absolute Gasteiger partial charge is 0.336 e. The van der Waals surface area contributed by atoms with Crippen LogP contribution in [0.15, 0.2) is 57.9 Å². The third-order valence-electron chi connectivity index (χ3n) is 4.77. The van der Waals surface area contributed by atoms with Crippen molar-refractivity contribution >= 4 is 34.0 Å². The van der Waals surface area contributed by atoms with Crippen molar-refractivity contribution in [1.29, 1.82) is 0 Å². The van der Waals surface area contributed by atoms with Crippen molar-refractivity contribution in [3.8, 4) is 11.5 Å². The number of nitrogens with one attached hydrogen (secondary N) is 1. The van der Waals surface area contributed by atoms with E-state index in [1.807, 2.05) is 0 Å². The van der Waals surface area contributed by atoms with Crippen molar-refractivity contribution < 1.29 is 29.0 Å². The van der Waals surface area contributed by atoms with Gasteiger partial charge in [0.25, 0.3) is 0 Å². The molecule has 0 fully saturated rings. The van der Waals surface area contributed by atoms with Crippen LogP contribution in [-0.2, 0) is 4.79 Å². The van der Waals surface area contributed by atoms with Crippen LogP contribution in [0.5, 0.6) is 11.5 Å². The Morgan fingerprint density at radius 1 is 1.13 bits per heavy atom. The summed E-state index contributed by atoms with van der Waals surface area (Å²) in [7, 11) is 0. The van der Waals surface area contributed by atoms with Gasteiger partial charge in [0, 0.05) is 23.3 Å². The number of carboxylic acid groups (broad SMARTS) is 1. The number of benzene rings is 2. The van der Waals surface area contributed by atoms with Crippen LogP contribution in [0.2, 0.25) is 0 Å². The average molecular weight is 406 g/mol. The molecule has 30 heavy (non-hydrogen) atoms. The molecule has 1 aliphatic heterocycles. The largest absolute Gasteiger partial charge is 0.872 e. The van der Waals surface area contributed by atoms with E-state index < -0.39 is 22.9 Å². The summed E-state index contributed by atoms with van der Waals surface area (Å²) >= 11 is 0. The van der Waals surface area contributed by atoms with E-state index >= 15 is 0 Å². The molecule has 8 nitrogen and oxygen atoms in total. The molecule has 0 unspecified atom stereocenters. The van der Waals surface area contributed by atoms with E-state index in [0.717, 1.165) is 6.07 Å². The van der Waals surface area contributed by atoms with Crippen LogP contribution in [0.4, 0.5) is 5.69 Å². The molecule has 2 aromatic carbocycles. The number of carbonyl (C=O) groups excluding carboxylic acids is 1. The number of Topliss-reactive ketones (excluding diaryl/α,β-unsaturated/α-hetero) is 1. The predicted molar refractivity (Wildman–Crippen MR) is 107 cm³/mol. The summed E-state index contributed by atoms with van der Waals surface area (Å²) in [6, 6.07) is 10.0. The summed E-state index contributed by atoms with van der Waals surface area (Å²) in [6.07, 6.45) is 1.40. The molecule has 0 atom stereocenters. The maximum Gasteiger partial charge on any atom is 0.336 e. The highest BCUT2D eigenvalue weighted by molar-refractivity contribution is 6.28. The zero-order valence-corrected chi connectivity index (χ0v) is 16.0. The molecule has 0 radical (unpaired) electrons. The van der Waals surface area contributed by atoms with E-state index in [9.17, 15) is 19.5 Å². The maximum absolute atomic E-state index is 13.1. The first-order valence-corrected chi connectivity index (χ1v) is 8.99. The number of rotatable bonds is 3. The van der Waals surface area contributed by atoms with Gasteiger partial charge in [-0.1, -0.05) is 5.75 Å². The zero-order chi connectivity index (χ0) is 21.6. The van der Waals surface area contributed by atoms with E-state index in [-0.39, 0.29) is 22.5 Å². The Bertz CT molecular complexity index is 1300. The van der Waals surface area contributed by atoms with Crippen molar-refractivity contribution in [3.05, 3.63) is 70.2 Å². The molecule has 2 N–H and O–H groups in total. The maximum atomic E-state index is 13.1. The van der Waals surface area contributed by atoms with Gasteiger partial charge in [-0.2, -0.15) is 0 Å². The minimum absolute atomic E-state index is 0.205. The number of anilines is 1. The standard InChI is InChI=1S/C22H17NO7/c1-22(2)20(26)14(10-23-12-5-6-13(21(27)28)15(24)9-12)18-16(30-22)7-3-11-4-8-17(25)29-19(11)18/h3-10,23-24H,1-2H3,(H,27,28)/p-1. The van der Waals surface area contributed by atoms with Gasteiger partial charge >= 0.3 is 11.6 Å². The third-order valence-corrected chi connectivity index (χ3v) is 4.77. The molecule has 0 saturated carbocycles. The summed E-state index contributed by atoms with van der Waals surface area (Å²) in [5, 5.41) is 24.4. The van der Waals surface area contributed by atoms with Crippen molar-refractivity contribution in [2.45, 2.75) is 19.4 Å². The van der Waals surface area contributed by atoms with Gasteiger partial charge in [0.1, 0.15) is 11.3 Å². The van der Waals surface area contributed by atoms with Gasteiger partial charge in [-0.05, 0) is 50.2 Å². The van der Waals surface area contributed by atoms with Gasteiger partial charge in [-0.3, -0.25) is 4.79 Å². The number of carboxylic acids is 1.